The molecule has 78 valence electrons. The first kappa shape index (κ1) is 10.2. The number of nitrogen functional groups attached to an aromatic ring is 1. The summed E-state index contributed by atoms with van der Waals surface area (Å²) < 4.78 is 6.40. The normalized spacial score (nSPS) is 10.6. The number of nitrogens with zero attached hydrogens (tertiary/aromatic N) is 1. The third kappa shape index (κ3) is 1.90. The summed E-state index contributed by atoms with van der Waals surface area (Å²) in [6.45, 7) is 3.82. The van der Waals surface area contributed by atoms with E-state index in [2.05, 4.69) is 20.9 Å². The van der Waals surface area contributed by atoms with E-state index in [-0.39, 0.29) is 0 Å². The molecule has 4 heteroatoms. The van der Waals surface area contributed by atoms with Gasteiger partial charge in [-0.1, -0.05) is 15.9 Å². The minimum atomic E-state index is 0.609. The second-order valence-electron chi connectivity index (χ2n) is 3.44. The quantitative estimate of drug-likeness (QED) is 0.806. The van der Waals surface area contributed by atoms with Crippen molar-refractivity contribution in [2.45, 2.75) is 13.8 Å². The third-order valence-electron chi connectivity index (χ3n) is 2.26. The van der Waals surface area contributed by atoms with Gasteiger partial charge in [0.25, 0.3) is 0 Å². The van der Waals surface area contributed by atoms with E-state index < -0.39 is 0 Å². The molecular formula is C11H11BrN2O. The van der Waals surface area contributed by atoms with Gasteiger partial charge in [0.05, 0.1) is 6.20 Å². The number of rotatable bonds is 1. The van der Waals surface area contributed by atoms with Crippen LogP contribution in [0.4, 0.5) is 5.69 Å². The average molecular weight is 267 g/mol. The van der Waals surface area contributed by atoms with E-state index in [1.165, 1.54) is 0 Å². The summed E-state index contributed by atoms with van der Waals surface area (Å²) in [7, 11) is 0. The molecule has 0 amide bonds. The summed E-state index contributed by atoms with van der Waals surface area (Å²) in [6, 6.07) is 3.82. The van der Waals surface area contributed by atoms with Crippen LogP contribution in [0.15, 0.2) is 27.2 Å². The third-order valence-corrected chi connectivity index (χ3v) is 2.72. The molecule has 1 heterocycles. The van der Waals surface area contributed by atoms with Gasteiger partial charge in [-0.3, -0.25) is 0 Å². The highest BCUT2D eigenvalue weighted by Gasteiger charge is 2.10. The predicted octanol–water partition coefficient (Wildman–Crippen LogP) is 3.30. The smallest absolute Gasteiger partial charge is 0.226 e. The standard InChI is InChI=1S/C11H11BrN2O/c1-6-5-14-11(15-6)9-3-8(12)4-10(13)7(9)2/h3-5H,13H2,1-2H3. The number of anilines is 1. The number of hydrogen-bond donors (Lipinski definition) is 1. The summed E-state index contributed by atoms with van der Waals surface area (Å²) in [5.41, 5.74) is 8.51. The molecule has 2 aromatic rings. The van der Waals surface area contributed by atoms with Gasteiger partial charge in [-0.05, 0) is 31.5 Å². The molecule has 2 rings (SSSR count). The molecule has 1 aromatic carbocycles. The minimum Gasteiger partial charge on any atom is -0.441 e. The summed E-state index contributed by atoms with van der Waals surface area (Å²) in [4.78, 5) is 4.19. The molecule has 0 atom stereocenters. The predicted molar refractivity (Wildman–Crippen MR) is 63.5 cm³/mol. The van der Waals surface area contributed by atoms with Crippen LogP contribution >= 0.6 is 15.9 Å². The number of aromatic nitrogens is 1. The van der Waals surface area contributed by atoms with Crippen LogP contribution in [0.25, 0.3) is 11.5 Å². The maximum Gasteiger partial charge on any atom is 0.226 e. The SMILES string of the molecule is Cc1cnc(-c2cc(Br)cc(N)c2C)o1. The van der Waals surface area contributed by atoms with Crippen molar-refractivity contribution in [2.24, 2.45) is 0 Å². The molecule has 0 aliphatic carbocycles. The lowest BCUT2D eigenvalue weighted by molar-refractivity contribution is 0.542. The number of nitrogens with two attached hydrogens (primary N) is 1. The highest BCUT2D eigenvalue weighted by molar-refractivity contribution is 9.10. The van der Waals surface area contributed by atoms with Gasteiger partial charge in [-0.2, -0.15) is 0 Å². The molecule has 0 saturated carbocycles. The van der Waals surface area contributed by atoms with Gasteiger partial charge in [-0.25, -0.2) is 4.98 Å². The molecule has 15 heavy (non-hydrogen) atoms. The van der Waals surface area contributed by atoms with E-state index >= 15 is 0 Å². The Hall–Kier alpha value is -1.29. The molecule has 0 aliphatic heterocycles. The Morgan fingerprint density at radius 2 is 2.07 bits per heavy atom. The van der Waals surface area contributed by atoms with Crippen molar-refractivity contribution in [2.75, 3.05) is 5.73 Å². The molecule has 0 radical (unpaired) electrons. The first-order valence-corrected chi connectivity index (χ1v) is 5.35. The minimum absolute atomic E-state index is 0.609. The van der Waals surface area contributed by atoms with E-state index in [1.807, 2.05) is 26.0 Å². The van der Waals surface area contributed by atoms with Crippen LogP contribution in [0, 0.1) is 13.8 Å². The van der Waals surface area contributed by atoms with E-state index in [9.17, 15) is 0 Å². The fraction of sp³-hybridized carbons (Fsp3) is 0.182. The summed E-state index contributed by atoms with van der Waals surface area (Å²) >= 11 is 3.40. The number of hydrogen-bond acceptors (Lipinski definition) is 3. The van der Waals surface area contributed by atoms with Crippen LogP contribution in [0.2, 0.25) is 0 Å². The Labute approximate surface area is 96.4 Å². The number of aryl methyl sites for hydroxylation is 1. The highest BCUT2D eigenvalue weighted by atomic mass is 79.9. The van der Waals surface area contributed by atoms with Crippen LogP contribution in [0.5, 0.6) is 0 Å². The van der Waals surface area contributed by atoms with E-state index in [1.54, 1.807) is 6.20 Å². The topological polar surface area (TPSA) is 52.0 Å². The second-order valence-corrected chi connectivity index (χ2v) is 4.36. The summed E-state index contributed by atoms with van der Waals surface area (Å²) in [5, 5.41) is 0. The van der Waals surface area contributed by atoms with Gasteiger partial charge in [0, 0.05) is 15.7 Å². The molecule has 2 N–H and O–H groups in total. The largest absolute Gasteiger partial charge is 0.441 e. The van der Waals surface area contributed by atoms with Crippen LogP contribution in [0.3, 0.4) is 0 Å². The zero-order valence-electron chi connectivity index (χ0n) is 8.54. The Bertz CT molecular complexity index is 505. The molecule has 0 unspecified atom stereocenters. The van der Waals surface area contributed by atoms with Crippen LogP contribution < -0.4 is 5.73 Å². The van der Waals surface area contributed by atoms with E-state index in [0.29, 0.717) is 5.89 Å². The Morgan fingerprint density at radius 1 is 1.33 bits per heavy atom. The highest BCUT2D eigenvalue weighted by Crippen LogP contribution is 2.30. The van der Waals surface area contributed by atoms with Crippen molar-refractivity contribution in [1.29, 1.82) is 0 Å². The second kappa shape index (κ2) is 3.70. The van der Waals surface area contributed by atoms with Gasteiger partial charge in [-0.15, -0.1) is 0 Å². The van der Waals surface area contributed by atoms with Crippen molar-refractivity contribution in [3.8, 4) is 11.5 Å². The fourth-order valence-corrected chi connectivity index (χ4v) is 1.88. The van der Waals surface area contributed by atoms with E-state index in [4.69, 9.17) is 10.2 Å². The molecule has 1 aromatic heterocycles. The van der Waals surface area contributed by atoms with Crippen LogP contribution in [-0.2, 0) is 0 Å². The van der Waals surface area contributed by atoms with Gasteiger partial charge in [0.2, 0.25) is 5.89 Å². The lowest BCUT2D eigenvalue weighted by Gasteiger charge is -2.06. The van der Waals surface area contributed by atoms with Crippen molar-refractivity contribution in [3.05, 3.63) is 34.1 Å². The lowest BCUT2D eigenvalue weighted by atomic mass is 10.1. The van der Waals surface area contributed by atoms with Gasteiger partial charge < -0.3 is 10.2 Å². The van der Waals surface area contributed by atoms with Crippen LogP contribution in [0.1, 0.15) is 11.3 Å². The van der Waals surface area contributed by atoms with E-state index in [0.717, 1.165) is 27.0 Å². The molecule has 0 saturated heterocycles. The molecule has 0 fully saturated rings. The lowest BCUT2D eigenvalue weighted by Crippen LogP contribution is -1.92. The number of halogens is 1. The fourth-order valence-electron chi connectivity index (χ4n) is 1.40. The first-order chi connectivity index (χ1) is 7.08. The number of benzene rings is 1. The molecule has 3 nitrogen and oxygen atoms in total. The maximum absolute atomic E-state index is 5.87. The van der Waals surface area contributed by atoms with Gasteiger partial charge in [0.1, 0.15) is 5.76 Å². The van der Waals surface area contributed by atoms with Crippen molar-refractivity contribution in [3.63, 3.8) is 0 Å². The molecule has 0 aliphatic rings. The molecular weight excluding hydrogens is 256 g/mol. The Balaban J connectivity index is 2.62. The van der Waals surface area contributed by atoms with Gasteiger partial charge in [0.15, 0.2) is 0 Å². The van der Waals surface area contributed by atoms with Crippen LogP contribution in [-0.4, -0.2) is 4.98 Å². The van der Waals surface area contributed by atoms with Gasteiger partial charge >= 0.3 is 0 Å². The average Bonchev–Trinajstić information content (AvgIpc) is 2.58. The maximum atomic E-state index is 5.87. The first-order valence-electron chi connectivity index (χ1n) is 4.56. The zero-order valence-corrected chi connectivity index (χ0v) is 10.1. The molecule has 0 bridgehead atoms. The van der Waals surface area contributed by atoms with Crippen molar-refractivity contribution < 1.29 is 4.42 Å². The Morgan fingerprint density at radius 3 is 2.67 bits per heavy atom. The zero-order chi connectivity index (χ0) is 11.0. The van der Waals surface area contributed by atoms with Crippen molar-refractivity contribution >= 4 is 21.6 Å². The Kier molecular flexibility index (Phi) is 2.52. The summed E-state index contributed by atoms with van der Waals surface area (Å²) in [5.74, 6) is 1.40. The number of oxazole rings is 1. The molecule has 0 spiro atoms. The monoisotopic (exact) mass is 266 g/mol. The summed E-state index contributed by atoms with van der Waals surface area (Å²) in [6.07, 6.45) is 1.70. The van der Waals surface area contributed by atoms with Crippen molar-refractivity contribution in [1.82, 2.24) is 4.98 Å².